The molecule has 0 saturated carbocycles. The second-order valence-corrected chi connectivity index (χ2v) is 3.36. The van der Waals surface area contributed by atoms with Crippen LogP contribution in [0, 0.1) is 0 Å². The summed E-state index contributed by atoms with van der Waals surface area (Å²) in [4.78, 5) is 11.3. The number of rotatable bonds is 7. The molecule has 0 fully saturated rings. The first-order chi connectivity index (χ1) is 7.33. The van der Waals surface area contributed by atoms with Gasteiger partial charge in [-0.3, -0.25) is 4.79 Å². The summed E-state index contributed by atoms with van der Waals surface area (Å²) in [6.45, 7) is 0.819. The van der Waals surface area contributed by atoms with Crippen molar-refractivity contribution in [3.8, 4) is 0 Å². The van der Waals surface area contributed by atoms with Crippen LogP contribution in [0.3, 0.4) is 0 Å². The second kappa shape index (κ2) is 7.06. The second-order valence-electron chi connectivity index (χ2n) is 3.36. The average molecular weight is 211 g/mol. The molecule has 0 aromatic carbocycles. The third kappa shape index (κ3) is 5.22. The van der Waals surface area contributed by atoms with Crippen LogP contribution in [-0.4, -0.2) is 24.2 Å². The Labute approximate surface area is 89.3 Å². The zero-order valence-electron chi connectivity index (χ0n) is 8.74. The molecule has 15 heavy (non-hydrogen) atoms. The predicted octanol–water partition coefficient (Wildman–Crippen LogP) is 1.10. The molecule has 0 bridgehead atoms. The number of carbonyl (C=O) groups is 1. The number of hydrogen-bond acceptors (Lipinski definition) is 3. The maximum atomic E-state index is 11.3. The Morgan fingerprint density at radius 3 is 3.00 bits per heavy atom. The number of aryl methyl sites for hydroxylation is 1. The first-order valence-electron chi connectivity index (χ1n) is 5.23. The average Bonchev–Trinajstić information content (AvgIpc) is 2.74. The summed E-state index contributed by atoms with van der Waals surface area (Å²) >= 11 is 0. The summed E-state index contributed by atoms with van der Waals surface area (Å²) in [5.74, 6) is 0.866. The number of furan rings is 1. The van der Waals surface area contributed by atoms with E-state index in [4.69, 9.17) is 9.52 Å². The van der Waals surface area contributed by atoms with Crippen LogP contribution in [0.5, 0.6) is 0 Å². The monoisotopic (exact) mass is 211 g/mol. The Balaban J connectivity index is 2.04. The Kier molecular flexibility index (Phi) is 5.55. The Morgan fingerprint density at radius 1 is 1.47 bits per heavy atom. The van der Waals surface area contributed by atoms with Gasteiger partial charge in [-0.1, -0.05) is 0 Å². The SMILES string of the molecule is O=C(CCc1ccco1)NCCCCO. The molecule has 0 aliphatic heterocycles. The highest BCUT2D eigenvalue weighted by molar-refractivity contribution is 5.75. The van der Waals surface area contributed by atoms with Crippen LogP contribution in [0.25, 0.3) is 0 Å². The highest BCUT2D eigenvalue weighted by atomic mass is 16.3. The fourth-order valence-corrected chi connectivity index (χ4v) is 1.24. The molecule has 1 amide bonds. The van der Waals surface area contributed by atoms with Gasteiger partial charge < -0.3 is 14.8 Å². The first-order valence-corrected chi connectivity index (χ1v) is 5.23. The van der Waals surface area contributed by atoms with E-state index in [0.717, 1.165) is 18.6 Å². The predicted molar refractivity (Wildman–Crippen MR) is 56.4 cm³/mol. The van der Waals surface area contributed by atoms with Gasteiger partial charge in [0.2, 0.25) is 5.91 Å². The molecule has 1 aromatic heterocycles. The van der Waals surface area contributed by atoms with Crippen molar-refractivity contribution in [1.82, 2.24) is 5.32 Å². The Hall–Kier alpha value is -1.29. The number of aliphatic hydroxyl groups is 1. The van der Waals surface area contributed by atoms with Gasteiger partial charge in [0.15, 0.2) is 0 Å². The van der Waals surface area contributed by atoms with Crippen molar-refractivity contribution in [2.75, 3.05) is 13.2 Å². The number of carbonyl (C=O) groups excluding carboxylic acids is 1. The minimum absolute atomic E-state index is 0.0318. The topological polar surface area (TPSA) is 62.5 Å². The molecule has 4 heteroatoms. The lowest BCUT2D eigenvalue weighted by Gasteiger charge is -2.03. The van der Waals surface area contributed by atoms with Crippen LogP contribution in [0.2, 0.25) is 0 Å². The third-order valence-corrected chi connectivity index (χ3v) is 2.09. The molecular weight excluding hydrogens is 194 g/mol. The number of hydrogen-bond donors (Lipinski definition) is 2. The number of unbranched alkanes of at least 4 members (excludes halogenated alkanes) is 1. The molecule has 0 aliphatic carbocycles. The lowest BCUT2D eigenvalue weighted by atomic mass is 10.2. The van der Waals surface area contributed by atoms with Crippen LogP contribution >= 0.6 is 0 Å². The molecule has 1 rings (SSSR count). The van der Waals surface area contributed by atoms with Crippen molar-refractivity contribution in [2.45, 2.75) is 25.7 Å². The summed E-state index contributed by atoms with van der Waals surface area (Å²) in [7, 11) is 0. The molecule has 0 spiro atoms. The van der Waals surface area contributed by atoms with Gasteiger partial charge in [-0.25, -0.2) is 0 Å². The first kappa shape index (κ1) is 11.8. The molecule has 2 N–H and O–H groups in total. The smallest absolute Gasteiger partial charge is 0.220 e. The maximum Gasteiger partial charge on any atom is 0.220 e. The summed E-state index contributed by atoms with van der Waals surface area (Å²) in [5.41, 5.74) is 0. The summed E-state index contributed by atoms with van der Waals surface area (Å²) < 4.78 is 5.11. The number of aliphatic hydroxyl groups excluding tert-OH is 1. The fourth-order valence-electron chi connectivity index (χ4n) is 1.24. The molecule has 1 heterocycles. The molecule has 0 atom stereocenters. The van der Waals surface area contributed by atoms with E-state index in [1.54, 1.807) is 6.26 Å². The third-order valence-electron chi connectivity index (χ3n) is 2.09. The van der Waals surface area contributed by atoms with Gasteiger partial charge in [0, 0.05) is 26.0 Å². The summed E-state index contributed by atoms with van der Waals surface area (Å²) in [5, 5.41) is 11.3. The Bertz CT molecular complexity index is 269. The van der Waals surface area contributed by atoms with E-state index in [9.17, 15) is 4.79 Å². The molecule has 0 unspecified atom stereocenters. The van der Waals surface area contributed by atoms with E-state index in [1.165, 1.54) is 0 Å². The molecule has 84 valence electrons. The standard InChI is InChI=1S/C11H17NO3/c13-8-2-1-7-12-11(14)6-5-10-4-3-9-15-10/h3-4,9,13H,1-2,5-8H2,(H,12,14). The summed E-state index contributed by atoms with van der Waals surface area (Å²) in [6, 6.07) is 3.67. The van der Waals surface area contributed by atoms with Crippen molar-refractivity contribution in [1.29, 1.82) is 0 Å². The van der Waals surface area contributed by atoms with E-state index in [-0.39, 0.29) is 12.5 Å². The van der Waals surface area contributed by atoms with Gasteiger partial charge >= 0.3 is 0 Å². The molecule has 0 radical (unpaired) electrons. The van der Waals surface area contributed by atoms with Crippen LogP contribution in [0.1, 0.15) is 25.0 Å². The molecular formula is C11H17NO3. The van der Waals surface area contributed by atoms with Crippen LogP contribution in [0.4, 0.5) is 0 Å². The quantitative estimate of drug-likeness (QED) is 0.664. The van der Waals surface area contributed by atoms with Gasteiger partial charge in [0.05, 0.1) is 6.26 Å². The van der Waals surface area contributed by atoms with Gasteiger partial charge in [0.1, 0.15) is 5.76 Å². The van der Waals surface area contributed by atoms with Crippen LogP contribution in [-0.2, 0) is 11.2 Å². The van der Waals surface area contributed by atoms with E-state index in [2.05, 4.69) is 5.32 Å². The Morgan fingerprint density at radius 2 is 2.33 bits per heavy atom. The van der Waals surface area contributed by atoms with Crippen LogP contribution in [0.15, 0.2) is 22.8 Å². The lowest BCUT2D eigenvalue weighted by molar-refractivity contribution is -0.121. The molecule has 1 aromatic rings. The normalized spacial score (nSPS) is 10.2. The van der Waals surface area contributed by atoms with Gasteiger partial charge in [0.25, 0.3) is 0 Å². The van der Waals surface area contributed by atoms with Crippen molar-refractivity contribution in [3.05, 3.63) is 24.2 Å². The number of amides is 1. The largest absolute Gasteiger partial charge is 0.469 e. The summed E-state index contributed by atoms with van der Waals surface area (Å²) in [6.07, 6.45) is 4.25. The van der Waals surface area contributed by atoms with Crippen molar-refractivity contribution >= 4 is 5.91 Å². The fraction of sp³-hybridized carbons (Fsp3) is 0.545. The van der Waals surface area contributed by atoms with Gasteiger partial charge in [-0.2, -0.15) is 0 Å². The van der Waals surface area contributed by atoms with Crippen molar-refractivity contribution in [2.24, 2.45) is 0 Å². The van der Waals surface area contributed by atoms with Crippen molar-refractivity contribution < 1.29 is 14.3 Å². The zero-order chi connectivity index (χ0) is 10.9. The van der Waals surface area contributed by atoms with Gasteiger partial charge in [-0.15, -0.1) is 0 Å². The molecule has 0 saturated heterocycles. The maximum absolute atomic E-state index is 11.3. The minimum Gasteiger partial charge on any atom is -0.469 e. The zero-order valence-corrected chi connectivity index (χ0v) is 8.74. The number of nitrogens with one attached hydrogen (secondary N) is 1. The highest BCUT2D eigenvalue weighted by Crippen LogP contribution is 2.03. The van der Waals surface area contributed by atoms with E-state index >= 15 is 0 Å². The molecule has 0 aliphatic rings. The van der Waals surface area contributed by atoms with E-state index in [0.29, 0.717) is 19.4 Å². The van der Waals surface area contributed by atoms with Crippen LogP contribution < -0.4 is 5.32 Å². The van der Waals surface area contributed by atoms with Gasteiger partial charge in [-0.05, 0) is 25.0 Å². The lowest BCUT2D eigenvalue weighted by Crippen LogP contribution is -2.24. The molecule has 4 nitrogen and oxygen atoms in total. The van der Waals surface area contributed by atoms with E-state index in [1.807, 2.05) is 12.1 Å². The minimum atomic E-state index is 0.0318. The van der Waals surface area contributed by atoms with Crippen molar-refractivity contribution in [3.63, 3.8) is 0 Å². The highest BCUT2D eigenvalue weighted by Gasteiger charge is 2.02. The van der Waals surface area contributed by atoms with E-state index < -0.39 is 0 Å².